The molecule has 1 rings (SSSR count). The second-order valence-electron chi connectivity index (χ2n) is 1.51. The maximum Gasteiger partial charge on any atom is 0.699 e. The average Bonchev–Trinajstić information content (AvgIpc) is 1.88. The Morgan fingerprint density at radius 2 is 2.44 bits per heavy atom. The fourth-order valence-corrected chi connectivity index (χ4v) is 1.14. The molecule has 0 amide bonds. The quantitative estimate of drug-likeness (QED) is 0.415. The summed E-state index contributed by atoms with van der Waals surface area (Å²) in [4.78, 5) is 9.75. The summed E-state index contributed by atoms with van der Waals surface area (Å²) in [5.74, 6) is 0. The van der Waals surface area contributed by atoms with Crippen LogP contribution < -0.4 is 0 Å². The minimum Gasteiger partial charge on any atom is -0.148 e. The van der Waals surface area contributed by atoms with E-state index >= 15 is 0 Å². The number of nitrogens with zero attached hydrogens (tertiary/aromatic N) is 1. The molecule has 0 aliphatic carbocycles. The molecule has 1 heterocycles. The fraction of sp³-hybridized carbons (Fsp3) is 1.00. The molecule has 2 atom stereocenters. The van der Waals surface area contributed by atoms with Crippen LogP contribution >= 0.6 is 8.25 Å². The predicted octanol–water partition coefficient (Wildman–Crippen LogP) is 1.17. The van der Waals surface area contributed by atoms with Crippen molar-refractivity contribution in [1.29, 1.82) is 0 Å². The third kappa shape index (κ3) is 1.78. The molecule has 0 aromatic carbocycles. The smallest absolute Gasteiger partial charge is 0.148 e. The Bertz CT molecular complexity index is 138. The first kappa shape index (κ1) is 6.74. The number of hydrogen-bond acceptors (Lipinski definition) is 5. The third-order valence-electron chi connectivity index (χ3n) is 0.887. The Morgan fingerprint density at radius 1 is 1.67 bits per heavy atom. The second kappa shape index (κ2) is 2.96. The van der Waals surface area contributed by atoms with E-state index in [1.54, 1.807) is 0 Å². The highest BCUT2D eigenvalue weighted by molar-refractivity contribution is 7.33. The molecule has 1 aliphatic rings. The molecule has 5 nitrogen and oxygen atoms in total. The summed E-state index contributed by atoms with van der Waals surface area (Å²) in [5, 5.41) is 2.56. The highest BCUT2D eigenvalue weighted by Gasteiger charge is 2.33. The van der Waals surface area contributed by atoms with Gasteiger partial charge in [-0.2, -0.15) is 0 Å². The van der Waals surface area contributed by atoms with E-state index in [1.807, 2.05) is 0 Å². The normalized spacial score (nSPS) is 32.0. The van der Waals surface area contributed by atoms with Gasteiger partial charge in [0.05, 0.1) is 0 Å². The molecule has 1 fully saturated rings. The predicted molar refractivity (Wildman–Crippen MR) is 28.8 cm³/mol. The van der Waals surface area contributed by atoms with Gasteiger partial charge in [-0.15, -0.1) is 9.43 Å². The van der Waals surface area contributed by atoms with Gasteiger partial charge in [0.1, 0.15) is 6.61 Å². The first-order chi connectivity index (χ1) is 4.33. The summed E-state index contributed by atoms with van der Waals surface area (Å²) < 4.78 is 19.3. The monoisotopic (exact) mass is 150 g/mol. The minimum atomic E-state index is -2.08. The van der Waals surface area contributed by atoms with E-state index in [0.29, 0.717) is 6.42 Å². The van der Waals surface area contributed by atoms with Crippen LogP contribution in [0.15, 0.2) is 5.18 Å². The zero-order valence-corrected chi connectivity index (χ0v) is 5.41. The van der Waals surface area contributed by atoms with Crippen molar-refractivity contribution in [3.63, 3.8) is 0 Å². The SMILES string of the molecule is O=NC1CCO[P+](=O)O1. The molecule has 0 aromatic heterocycles. The van der Waals surface area contributed by atoms with Gasteiger partial charge in [0.15, 0.2) is 0 Å². The Hall–Kier alpha value is -0.380. The molecule has 50 valence electrons. The van der Waals surface area contributed by atoms with E-state index in [9.17, 15) is 9.47 Å². The molecule has 0 radical (unpaired) electrons. The van der Waals surface area contributed by atoms with Gasteiger partial charge in [0.2, 0.25) is 6.23 Å². The first-order valence-corrected chi connectivity index (χ1v) is 3.52. The van der Waals surface area contributed by atoms with E-state index in [0.717, 1.165) is 0 Å². The topological polar surface area (TPSA) is 65.0 Å². The zero-order valence-electron chi connectivity index (χ0n) is 4.52. The lowest BCUT2D eigenvalue weighted by atomic mass is 10.4. The van der Waals surface area contributed by atoms with Gasteiger partial charge in [-0.25, -0.2) is 0 Å². The minimum absolute atomic E-state index is 0.283. The van der Waals surface area contributed by atoms with Gasteiger partial charge in [0.25, 0.3) is 0 Å². The van der Waals surface area contributed by atoms with Crippen LogP contribution in [0.2, 0.25) is 0 Å². The first-order valence-electron chi connectivity index (χ1n) is 2.42. The van der Waals surface area contributed by atoms with Crippen molar-refractivity contribution in [3.8, 4) is 0 Å². The lowest BCUT2D eigenvalue weighted by Gasteiger charge is -2.02. The van der Waals surface area contributed by atoms with Gasteiger partial charge >= 0.3 is 8.25 Å². The molecule has 2 unspecified atom stereocenters. The van der Waals surface area contributed by atoms with Crippen LogP contribution in [-0.2, 0) is 13.6 Å². The van der Waals surface area contributed by atoms with Crippen molar-refractivity contribution in [1.82, 2.24) is 0 Å². The molecule has 0 spiro atoms. The van der Waals surface area contributed by atoms with E-state index in [1.165, 1.54) is 0 Å². The molecule has 0 bridgehead atoms. The van der Waals surface area contributed by atoms with Crippen LogP contribution in [-0.4, -0.2) is 12.8 Å². The van der Waals surface area contributed by atoms with Crippen molar-refractivity contribution in [2.24, 2.45) is 5.18 Å². The molecule has 1 aliphatic heterocycles. The van der Waals surface area contributed by atoms with Crippen LogP contribution in [0.1, 0.15) is 6.42 Å². The Morgan fingerprint density at radius 3 is 2.89 bits per heavy atom. The van der Waals surface area contributed by atoms with E-state index in [4.69, 9.17) is 0 Å². The number of nitroso groups, excluding NO2 is 1. The summed E-state index contributed by atoms with van der Waals surface area (Å²) in [6.45, 7) is 0.283. The van der Waals surface area contributed by atoms with E-state index < -0.39 is 14.5 Å². The van der Waals surface area contributed by atoms with E-state index in [2.05, 4.69) is 14.2 Å². The van der Waals surface area contributed by atoms with Crippen LogP contribution in [0, 0.1) is 4.91 Å². The maximum absolute atomic E-state index is 10.3. The van der Waals surface area contributed by atoms with Gasteiger partial charge in [-0.3, -0.25) is 0 Å². The highest BCUT2D eigenvalue weighted by Crippen LogP contribution is 2.32. The summed E-state index contributed by atoms with van der Waals surface area (Å²) in [6.07, 6.45) is -0.382. The molecular formula is C3H5NO4P+. The summed E-state index contributed by atoms with van der Waals surface area (Å²) in [6, 6.07) is 0. The Labute approximate surface area is 52.3 Å². The van der Waals surface area contributed by atoms with Crippen molar-refractivity contribution in [3.05, 3.63) is 4.91 Å². The molecule has 9 heavy (non-hydrogen) atoms. The summed E-state index contributed by atoms with van der Waals surface area (Å²) in [5.41, 5.74) is 0. The van der Waals surface area contributed by atoms with E-state index in [-0.39, 0.29) is 6.61 Å². The van der Waals surface area contributed by atoms with Crippen molar-refractivity contribution < 1.29 is 13.6 Å². The number of hydrogen-bond donors (Lipinski definition) is 0. The van der Waals surface area contributed by atoms with Crippen LogP contribution in [0.3, 0.4) is 0 Å². The van der Waals surface area contributed by atoms with Crippen LogP contribution in [0.5, 0.6) is 0 Å². The summed E-state index contributed by atoms with van der Waals surface area (Å²) in [7, 11) is -2.08. The maximum atomic E-state index is 10.3. The van der Waals surface area contributed by atoms with Crippen LogP contribution in [0.4, 0.5) is 0 Å². The van der Waals surface area contributed by atoms with Crippen molar-refractivity contribution >= 4 is 8.25 Å². The molecule has 0 aromatic rings. The molecule has 1 saturated heterocycles. The molecule has 6 heteroatoms. The highest BCUT2D eigenvalue weighted by atomic mass is 31.1. The average molecular weight is 150 g/mol. The van der Waals surface area contributed by atoms with Gasteiger partial charge in [0, 0.05) is 11.0 Å². The fourth-order valence-electron chi connectivity index (χ4n) is 0.482. The zero-order chi connectivity index (χ0) is 6.69. The van der Waals surface area contributed by atoms with Gasteiger partial charge in [-0.05, 0) is 5.18 Å². The Kier molecular flexibility index (Phi) is 2.22. The largest absolute Gasteiger partial charge is 0.699 e. The molecule has 0 N–H and O–H groups in total. The third-order valence-corrected chi connectivity index (χ3v) is 1.70. The second-order valence-corrected chi connectivity index (χ2v) is 2.43. The lowest BCUT2D eigenvalue weighted by molar-refractivity contribution is 0.101. The number of rotatable bonds is 1. The molecule has 0 saturated carbocycles. The van der Waals surface area contributed by atoms with Crippen molar-refractivity contribution in [2.45, 2.75) is 12.6 Å². The Balaban J connectivity index is 2.40. The standard InChI is InChI=1S/C3H5NO4P/c5-4-3-1-2-7-9(6)8-3/h3H,1-2H2/q+1. The molecular weight excluding hydrogens is 145 g/mol. The van der Waals surface area contributed by atoms with Gasteiger partial charge in [-0.1, -0.05) is 4.52 Å². The van der Waals surface area contributed by atoms with Crippen LogP contribution in [0.25, 0.3) is 0 Å². The lowest BCUT2D eigenvalue weighted by Crippen LogP contribution is -2.13. The van der Waals surface area contributed by atoms with Gasteiger partial charge < -0.3 is 0 Å². The summed E-state index contributed by atoms with van der Waals surface area (Å²) >= 11 is 0. The van der Waals surface area contributed by atoms with Crippen molar-refractivity contribution in [2.75, 3.05) is 6.61 Å².